The van der Waals surface area contributed by atoms with Crippen LogP contribution < -0.4 is 11.2 Å². The molecule has 3 N–H and O–H groups in total. The molecule has 1 unspecified atom stereocenters. The summed E-state index contributed by atoms with van der Waals surface area (Å²) in [5.74, 6) is 4.72. The van der Waals surface area contributed by atoms with Crippen LogP contribution in [0.15, 0.2) is 64.7 Å². The van der Waals surface area contributed by atoms with E-state index in [-0.39, 0.29) is 18.2 Å². The van der Waals surface area contributed by atoms with Gasteiger partial charge in [-0.05, 0) is 48.7 Å². The van der Waals surface area contributed by atoms with Gasteiger partial charge in [-0.3, -0.25) is 14.6 Å². The highest BCUT2D eigenvalue weighted by Gasteiger charge is 2.26. The van der Waals surface area contributed by atoms with E-state index in [1.807, 2.05) is 13.8 Å². The number of carbonyl (C=O) groups excluding carboxylic acids is 2. The van der Waals surface area contributed by atoms with E-state index in [0.717, 1.165) is 9.48 Å². The largest absolute Gasteiger partial charge is 0.324 e. The minimum Gasteiger partial charge on any atom is -0.324 e. The molecule has 0 spiro atoms. The van der Waals surface area contributed by atoms with Gasteiger partial charge in [0.05, 0.1) is 0 Å². The molecule has 0 aliphatic rings. The van der Waals surface area contributed by atoms with E-state index in [9.17, 15) is 14.0 Å². The standard InChI is InChI=1S/C22H25BrFN3O2/c1-14(2)12-17(13-16-6-4-5-7-20(16)24)22(29)27(25)15(3)21(28)26-19-10-8-18(23)9-11-19/h4-12,14-15H,13,25H2,1-3H3,(H,26,28)/b17-12-. The molecule has 0 aliphatic carbocycles. The number of rotatable bonds is 7. The van der Waals surface area contributed by atoms with Gasteiger partial charge in [0.25, 0.3) is 5.91 Å². The molecular formula is C22H25BrFN3O2. The number of benzene rings is 2. The predicted molar refractivity (Wildman–Crippen MR) is 116 cm³/mol. The first-order valence-corrected chi connectivity index (χ1v) is 10.1. The number of carbonyl (C=O) groups is 2. The number of nitrogens with two attached hydrogens (primary N) is 1. The van der Waals surface area contributed by atoms with Crippen molar-refractivity contribution >= 4 is 33.4 Å². The van der Waals surface area contributed by atoms with Crippen molar-refractivity contribution < 1.29 is 14.0 Å². The number of hydrogen-bond acceptors (Lipinski definition) is 3. The van der Waals surface area contributed by atoms with E-state index in [0.29, 0.717) is 16.8 Å². The fourth-order valence-corrected chi connectivity index (χ4v) is 2.97. The topological polar surface area (TPSA) is 75.4 Å². The van der Waals surface area contributed by atoms with Crippen LogP contribution in [0.2, 0.25) is 0 Å². The average molecular weight is 462 g/mol. The predicted octanol–water partition coefficient (Wildman–Crippen LogP) is 4.44. The van der Waals surface area contributed by atoms with Gasteiger partial charge in [0.2, 0.25) is 5.91 Å². The summed E-state index contributed by atoms with van der Waals surface area (Å²) < 4.78 is 14.9. The van der Waals surface area contributed by atoms with Crippen LogP contribution in [0.5, 0.6) is 0 Å². The second kappa shape index (κ2) is 10.3. The van der Waals surface area contributed by atoms with Crippen LogP contribution in [0, 0.1) is 11.7 Å². The number of hydrogen-bond donors (Lipinski definition) is 2. The molecule has 0 bridgehead atoms. The molecule has 1 atom stereocenters. The van der Waals surface area contributed by atoms with Gasteiger partial charge in [-0.2, -0.15) is 0 Å². The number of nitrogens with zero attached hydrogens (tertiary/aromatic N) is 1. The number of halogens is 2. The third-order valence-corrected chi connectivity index (χ3v) is 4.82. The highest BCUT2D eigenvalue weighted by molar-refractivity contribution is 9.10. The Morgan fingerprint density at radius 3 is 2.34 bits per heavy atom. The van der Waals surface area contributed by atoms with E-state index < -0.39 is 17.9 Å². The zero-order valence-corrected chi connectivity index (χ0v) is 18.2. The Morgan fingerprint density at radius 2 is 1.76 bits per heavy atom. The van der Waals surface area contributed by atoms with Gasteiger partial charge >= 0.3 is 0 Å². The van der Waals surface area contributed by atoms with Crippen molar-refractivity contribution in [3.63, 3.8) is 0 Å². The average Bonchev–Trinajstić information content (AvgIpc) is 2.68. The summed E-state index contributed by atoms with van der Waals surface area (Å²) in [6.45, 7) is 5.38. The summed E-state index contributed by atoms with van der Waals surface area (Å²) in [5.41, 5.74) is 1.33. The second-order valence-electron chi connectivity index (χ2n) is 7.09. The fraction of sp³-hybridized carbons (Fsp3) is 0.273. The molecule has 0 radical (unpaired) electrons. The van der Waals surface area contributed by atoms with Gasteiger partial charge < -0.3 is 5.32 Å². The van der Waals surface area contributed by atoms with Gasteiger partial charge in [0.1, 0.15) is 11.9 Å². The number of amides is 2. The Bertz CT molecular complexity index is 897. The SMILES string of the molecule is CC(C)/C=C(/Cc1ccccc1F)C(=O)N(N)C(C)C(=O)Nc1ccc(Br)cc1. The highest BCUT2D eigenvalue weighted by Crippen LogP contribution is 2.18. The third kappa shape index (κ3) is 6.51. The van der Waals surface area contributed by atoms with Crippen molar-refractivity contribution in [2.24, 2.45) is 11.8 Å². The highest BCUT2D eigenvalue weighted by atomic mass is 79.9. The van der Waals surface area contributed by atoms with Crippen LogP contribution >= 0.6 is 15.9 Å². The lowest BCUT2D eigenvalue weighted by atomic mass is 9.99. The summed E-state index contributed by atoms with van der Waals surface area (Å²) in [7, 11) is 0. The van der Waals surface area contributed by atoms with Gasteiger partial charge in [-0.15, -0.1) is 0 Å². The minimum atomic E-state index is -0.915. The molecule has 0 fully saturated rings. The van der Waals surface area contributed by atoms with E-state index in [1.54, 1.807) is 55.5 Å². The maximum Gasteiger partial charge on any atom is 0.264 e. The van der Waals surface area contributed by atoms with Crippen LogP contribution in [0.4, 0.5) is 10.1 Å². The second-order valence-corrected chi connectivity index (χ2v) is 8.00. The van der Waals surface area contributed by atoms with Crippen LogP contribution in [-0.4, -0.2) is 22.9 Å². The van der Waals surface area contributed by atoms with Gasteiger partial charge in [0, 0.05) is 22.2 Å². The summed E-state index contributed by atoms with van der Waals surface area (Å²) in [6.07, 6.45) is 1.84. The van der Waals surface area contributed by atoms with E-state index in [4.69, 9.17) is 5.84 Å². The third-order valence-electron chi connectivity index (χ3n) is 4.29. The van der Waals surface area contributed by atoms with E-state index in [2.05, 4.69) is 21.2 Å². The molecule has 5 nitrogen and oxygen atoms in total. The van der Waals surface area contributed by atoms with Crippen LogP contribution in [0.3, 0.4) is 0 Å². The molecule has 0 saturated carbocycles. The Labute approximate surface area is 178 Å². The Hall–Kier alpha value is -2.51. The number of hydrazine groups is 1. The molecule has 0 heterocycles. The minimum absolute atomic E-state index is 0.0565. The maximum absolute atomic E-state index is 14.1. The lowest BCUT2D eigenvalue weighted by Gasteiger charge is -2.25. The summed E-state index contributed by atoms with van der Waals surface area (Å²) in [6, 6.07) is 12.4. The Balaban J connectivity index is 2.15. The van der Waals surface area contributed by atoms with Crippen molar-refractivity contribution in [2.45, 2.75) is 33.2 Å². The van der Waals surface area contributed by atoms with Crippen molar-refractivity contribution in [3.8, 4) is 0 Å². The molecule has 29 heavy (non-hydrogen) atoms. The quantitative estimate of drug-likeness (QED) is 0.277. The fourth-order valence-electron chi connectivity index (χ4n) is 2.70. The van der Waals surface area contributed by atoms with Gasteiger partial charge in [-0.25, -0.2) is 10.2 Å². The Kier molecular flexibility index (Phi) is 8.10. The molecule has 0 aromatic heterocycles. The number of allylic oxidation sites excluding steroid dienone is 1. The maximum atomic E-state index is 14.1. The van der Waals surface area contributed by atoms with Gasteiger partial charge in [-0.1, -0.05) is 54.1 Å². The molecule has 2 amide bonds. The molecular weight excluding hydrogens is 437 g/mol. The molecule has 154 valence electrons. The summed E-state index contributed by atoms with van der Waals surface area (Å²) in [5, 5.41) is 3.62. The van der Waals surface area contributed by atoms with E-state index in [1.165, 1.54) is 6.07 Å². The van der Waals surface area contributed by atoms with Crippen molar-refractivity contribution in [1.82, 2.24) is 5.01 Å². The number of nitrogens with one attached hydrogen (secondary N) is 1. The molecule has 2 aromatic rings. The molecule has 0 aliphatic heterocycles. The van der Waals surface area contributed by atoms with Gasteiger partial charge in [0.15, 0.2) is 0 Å². The van der Waals surface area contributed by atoms with Crippen LogP contribution in [0.1, 0.15) is 26.3 Å². The van der Waals surface area contributed by atoms with Crippen molar-refractivity contribution in [2.75, 3.05) is 5.32 Å². The smallest absolute Gasteiger partial charge is 0.264 e. The zero-order valence-electron chi connectivity index (χ0n) is 16.7. The normalized spacial score (nSPS) is 12.6. The lowest BCUT2D eigenvalue weighted by Crippen LogP contribution is -2.50. The van der Waals surface area contributed by atoms with Crippen LogP contribution in [-0.2, 0) is 16.0 Å². The lowest BCUT2D eigenvalue weighted by molar-refractivity contribution is -0.135. The first kappa shape index (κ1) is 22.8. The van der Waals surface area contributed by atoms with Crippen LogP contribution in [0.25, 0.3) is 0 Å². The zero-order chi connectivity index (χ0) is 21.6. The molecule has 2 aromatic carbocycles. The van der Waals surface area contributed by atoms with Crippen molar-refractivity contribution in [1.29, 1.82) is 0 Å². The Morgan fingerprint density at radius 1 is 1.14 bits per heavy atom. The summed E-state index contributed by atoms with van der Waals surface area (Å²) >= 11 is 3.33. The van der Waals surface area contributed by atoms with E-state index >= 15 is 0 Å². The molecule has 7 heteroatoms. The first-order valence-electron chi connectivity index (χ1n) is 9.27. The summed E-state index contributed by atoms with van der Waals surface area (Å²) in [4.78, 5) is 25.5. The molecule has 2 rings (SSSR count). The monoisotopic (exact) mass is 461 g/mol. The first-order chi connectivity index (χ1) is 13.7. The number of anilines is 1. The van der Waals surface area contributed by atoms with Crippen molar-refractivity contribution in [3.05, 3.63) is 76.0 Å². The molecule has 0 saturated heterocycles.